The molecular weight excluding hydrogens is 244 g/mol. The molecule has 5 heteroatoms. The fourth-order valence-electron chi connectivity index (χ4n) is 3.88. The van der Waals surface area contributed by atoms with Gasteiger partial charge in [-0.15, -0.1) is 9.24 Å². The molecule has 0 radical (unpaired) electrons. The molecule has 5 atom stereocenters. The third-order valence-corrected chi connectivity index (χ3v) is 5.98. The molecule has 3 saturated carbocycles. The molecule has 0 aromatic carbocycles. The second-order valence-electron chi connectivity index (χ2n) is 6.75. The van der Waals surface area contributed by atoms with Crippen LogP contribution in [0, 0.1) is 17.3 Å². The van der Waals surface area contributed by atoms with E-state index in [9.17, 15) is 4.79 Å². The van der Waals surface area contributed by atoms with E-state index in [-0.39, 0.29) is 11.1 Å². The maximum absolute atomic E-state index is 10.8. The van der Waals surface area contributed by atoms with E-state index in [1.54, 1.807) is 0 Å². The summed E-state index contributed by atoms with van der Waals surface area (Å²) in [7, 11) is 3.66. The van der Waals surface area contributed by atoms with Crippen LogP contribution in [0.4, 0.5) is 0 Å². The van der Waals surface area contributed by atoms with E-state index in [2.05, 4.69) is 35.3 Å². The Hall–Kier alpha value is -0.0751. The van der Waals surface area contributed by atoms with Gasteiger partial charge in [0.15, 0.2) is 0 Å². The van der Waals surface area contributed by atoms with Gasteiger partial charge < -0.3 is 9.97 Å². The summed E-state index contributed by atoms with van der Waals surface area (Å²) >= 11 is 0. The van der Waals surface area contributed by atoms with Crippen molar-refractivity contribution in [3.8, 4) is 0 Å². The van der Waals surface area contributed by atoms with E-state index in [1.165, 1.54) is 13.3 Å². The van der Waals surface area contributed by atoms with Crippen LogP contribution in [0.1, 0.15) is 40.5 Å². The van der Waals surface area contributed by atoms with Crippen molar-refractivity contribution in [1.29, 1.82) is 0 Å². The first-order chi connectivity index (χ1) is 8.26. The molecule has 0 aromatic heterocycles. The molecule has 1 N–H and O–H groups in total. The van der Waals surface area contributed by atoms with Gasteiger partial charge >= 0.3 is 0 Å². The quantitative estimate of drug-likeness (QED) is 0.477. The molecule has 102 valence electrons. The summed E-state index contributed by atoms with van der Waals surface area (Å²) in [5.41, 5.74) is 0.466. The maximum Gasteiger partial charge on any atom is 0.294 e. The molecular formula is C13H25BNO2P. The van der Waals surface area contributed by atoms with Crippen molar-refractivity contribution in [2.24, 2.45) is 17.3 Å². The second kappa shape index (κ2) is 4.79. The van der Waals surface area contributed by atoms with E-state index < -0.39 is 0 Å². The maximum atomic E-state index is 10.8. The standard InChI is InChI=1S/C13H25BNO2P/c1-8(16)15-7-14-17-11-6-9-5-10(12(9,2)3)13(11,4)18/h9-11,14H,5-7,18H2,1-4H3,(H,15,16)/t9-,10-,11?,13?/m0/s1. The van der Waals surface area contributed by atoms with Crippen LogP contribution in [0.3, 0.4) is 0 Å². The SMILES string of the molecule is CC(=O)NCBOC1C[C@@H]2C[C@H](C1(C)P)C2(C)C. The highest BCUT2D eigenvalue weighted by Crippen LogP contribution is 2.65. The minimum atomic E-state index is 0.0138. The third kappa shape index (κ3) is 2.34. The molecule has 0 spiro atoms. The van der Waals surface area contributed by atoms with Crippen molar-refractivity contribution < 1.29 is 9.45 Å². The lowest BCUT2D eigenvalue weighted by Crippen LogP contribution is -2.64. The van der Waals surface area contributed by atoms with Crippen LogP contribution in [-0.2, 0) is 9.45 Å². The smallest absolute Gasteiger partial charge is 0.294 e. The fourth-order valence-corrected chi connectivity index (χ4v) is 4.68. The monoisotopic (exact) mass is 269 g/mol. The van der Waals surface area contributed by atoms with E-state index in [0.717, 1.165) is 18.3 Å². The Bertz CT molecular complexity index is 346. The van der Waals surface area contributed by atoms with E-state index in [1.807, 2.05) is 0 Å². The summed E-state index contributed by atoms with van der Waals surface area (Å²) in [6.07, 6.45) is 3.43. The number of hydrogen-bond acceptors (Lipinski definition) is 2. The van der Waals surface area contributed by atoms with Crippen LogP contribution >= 0.6 is 9.24 Å². The zero-order chi connectivity index (χ0) is 13.6. The minimum Gasteiger partial charge on any atom is -0.434 e. The topological polar surface area (TPSA) is 38.3 Å². The molecule has 1 amide bonds. The van der Waals surface area contributed by atoms with Gasteiger partial charge in [-0.2, -0.15) is 0 Å². The van der Waals surface area contributed by atoms with Gasteiger partial charge in [0, 0.05) is 24.6 Å². The van der Waals surface area contributed by atoms with Crippen molar-refractivity contribution in [3.05, 3.63) is 0 Å². The minimum absolute atomic E-state index is 0.0138. The normalized spacial score (nSPS) is 40.8. The largest absolute Gasteiger partial charge is 0.434 e. The second-order valence-corrected chi connectivity index (χ2v) is 7.99. The average Bonchev–Trinajstić information content (AvgIpc) is 2.24. The first kappa shape index (κ1) is 14.3. The lowest BCUT2D eigenvalue weighted by atomic mass is 9.44. The Balaban J connectivity index is 1.86. The number of amides is 1. The number of hydrogen-bond donors (Lipinski definition) is 1. The van der Waals surface area contributed by atoms with Crippen LogP contribution in [0.2, 0.25) is 0 Å². The highest BCUT2D eigenvalue weighted by Gasteiger charge is 2.61. The van der Waals surface area contributed by atoms with Gasteiger partial charge in [0.2, 0.25) is 5.91 Å². The first-order valence-corrected chi connectivity index (χ1v) is 7.49. The number of carbonyl (C=O) groups is 1. The number of carbonyl (C=O) groups excluding carboxylic acids is 1. The summed E-state index contributed by atoms with van der Waals surface area (Å²) in [5, 5.41) is 2.96. The van der Waals surface area contributed by atoms with Gasteiger partial charge in [0.05, 0.1) is 0 Å². The van der Waals surface area contributed by atoms with Crippen LogP contribution in [0.25, 0.3) is 0 Å². The molecule has 3 nitrogen and oxygen atoms in total. The summed E-state index contributed by atoms with van der Waals surface area (Å²) in [6, 6.07) is 0. The summed E-state index contributed by atoms with van der Waals surface area (Å²) in [6.45, 7) is 8.63. The van der Waals surface area contributed by atoms with Crippen molar-refractivity contribution in [3.63, 3.8) is 0 Å². The Morgan fingerprint density at radius 2 is 2.11 bits per heavy atom. The Labute approximate surface area is 113 Å². The Morgan fingerprint density at radius 3 is 2.61 bits per heavy atom. The van der Waals surface area contributed by atoms with Crippen LogP contribution in [-0.4, -0.2) is 31.1 Å². The molecule has 0 heterocycles. The fraction of sp³-hybridized carbons (Fsp3) is 0.923. The van der Waals surface area contributed by atoms with Crippen LogP contribution in [0.15, 0.2) is 0 Å². The number of rotatable bonds is 4. The van der Waals surface area contributed by atoms with Gasteiger partial charge in [-0.25, -0.2) is 0 Å². The molecule has 2 bridgehead atoms. The van der Waals surface area contributed by atoms with E-state index >= 15 is 0 Å². The van der Waals surface area contributed by atoms with Crippen molar-refractivity contribution in [2.45, 2.75) is 51.8 Å². The predicted octanol–water partition coefficient (Wildman–Crippen LogP) is 1.52. The van der Waals surface area contributed by atoms with Gasteiger partial charge in [-0.05, 0) is 30.1 Å². The molecule has 3 unspecified atom stereocenters. The molecule has 3 aliphatic carbocycles. The van der Waals surface area contributed by atoms with E-state index in [0.29, 0.717) is 25.4 Å². The van der Waals surface area contributed by atoms with E-state index in [4.69, 9.17) is 4.65 Å². The molecule has 0 aliphatic heterocycles. The van der Waals surface area contributed by atoms with Gasteiger partial charge in [0.25, 0.3) is 7.48 Å². The zero-order valence-electron chi connectivity index (χ0n) is 12.0. The number of nitrogens with one attached hydrogen (secondary N) is 1. The Morgan fingerprint density at radius 1 is 1.44 bits per heavy atom. The Kier molecular flexibility index (Phi) is 3.82. The summed E-state index contributed by atoms with van der Waals surface area (Å²) in [5.74, 6) is 1.56. The van der Waals surface area contributed by atoms with Crippen molar-refractivity contribution in [1.82, 2.24) is 5.32 Å². The molecule has 3 aliphatic rings. The van der Waals surface area contributed by atoms with Crippen LogP contribution in [0.5, 0.6) is 0 Å². The van der Waals surface area contributed by atoms with Gasteiger partial charge in [0.1, 0.15) is 0 Å². The average molecular weight is 269 g/mol. The number of fused-ring (bicyclic) bond motifs is 2. The van der Waals surface area contributed by atoms with Gasteiger partial charge in [-0.3, -0.25) is 4.79 Å². The zero-order valence-corrected chi connectivity index (χ0v) is 13.1. The van der Waals surface area contributed by atoms with Crippen molar-refractivity contribution in [2.75, 3.05) is 6.44 Å². The molecule has 0 aromatic rings. The molecule has 3 rings (SSSR count). The third-order valence-electron chi connectivity index (χ3n) is 5.21. The molecule has 0 saturated heterocycles. The van der Waals surface area contributed by atoms with Crippen LogP contribution < -0.4 is 5.32 Å². The summed E-state index contributed by atoms with van der Waals surface area (Å²) in [4.78, 5) is 10.8. The molecule has 18 heavy (non-hydrogen) atoms. The highest BCUT2D eigenvalue weighted by atomic mass is 31.0. The first-order valence-electron chi connectivity index (χ1n) is 6.91. The van der Waals surface area contributed by atoms with Gasteiger partial charge in [-0.1, -0.05) is 20.8 Å². The lowest BCUT2D eigenvalue weighted by molar-refractivity contribution is -0.132. The van der Waals surface area contributed by atoms with Crippen molar-refractivity contribution >= 4 is 22.6 Å². The molecule has 3 fully saturated rings. The highest BCUT2D eigenvalue weighted by molar-refractivity contribution is 7.19. The lowest BCUT2D eigenvalue weighted by Gasteiger charge is -2.66. The summed E-state index contributed by atoms with van der Waals surface area (Å²) < 4.78 is 6.01. The predicted molar refractivity (Wildman–Crippen MR) is 78.8 cm³/mol.